The van der Waals surface area contributed by atoms with Crippen LogP contribution in [0, 0.1) is 0 Å². The summed E-state index contributed by atoms with van der Waals surface area (Å²) in [5.74, 6) is 1.12. The van der Waals surface area contributed by atoms with Gasteiger partial charge in [-0.2, -0.15) is 0 Å². The van der Waals surface area contributed by atoms with Gasteiger partial charge in [0.25, 0.3) is 0 Å². The molecule has 1 atom stereocenters. The molecule has 2 N–H and O–H groups in total. The second-order valence-corrected chi connectivity index (χ2v) is 6.45. The minimum absolute atomic E-state index is 0.0832. The van der Waals surface area contributed by atoms with E-state index in [0.717, 1.165) is 36.8 Å². The third-order valence-electron chi connectivity index (χ3n) is 4.81. The van der Waals surface area contributed by atoms with E-state index in [4.69, 9.17) is 9.47 Å². The van der Waals surface area contributed by atoms with Crippen LogP contribution < -0.4 is 20.1 Å². The molecule has 1 aromatic carbocycles. The Balaban J connectivity index is 1.62. The third-order valence-corrected chi connectivity index (χ3v) is 4.81. The molecule has 1 aliphatic carbocycles. The first kappa shape index (κ1) is 17.3. The molecule has 6 heteroatoms. The van der Waals surface area contributed by atoms with Crippen molar-refractivity contribution in [3.63, 3.8) is 0 Å². The number of carbonyl (C=O) groups is 2. The standard InChI is InChI=1S/C19H24N2O4/c1-24-13-7-12(8-14(9-13)25-2)11-20-18(22)10-16-15-5-3-4-6-17(15)21-19(16)23/h7-9,17H,3-6,10-11H2,1-2H3,(H,20,22)(H,21,23). The molecular weight excluding hydrogens is 320 g/mol. The summed E-state index contributed by atoms with van der Waals surface area (Å²) >= 11 is 0. The highest BCUT2D eigenvalue weighted by Crippen LogP contribution is 2.32. The largest absolute Gasteiger partial charge is 0.497 e. The smallest absolute Gasteiger partial charge is 0.248 e. The Morgan fingerprint density at radius 3 is 2.60 bits per heavy atom. The van der Waals surface area contributed by atoms with Crippen molar-refractivity contribution in [3.05, 3.63) is 34.9 Å². The van der Waals surface area contributed by atoms with Gasteiger partial charge < -0.3 is 20.1 Å². The number of amides is 2. The minimum atomic E-state index is -0.148. The Bertz CT molecular complexity index is 689. The average Bonchev–Trinajstić information content (AvgIpc) is 2.95. The molecule has 2 aliphatic rings. The molecule has 1 saturated carbocycles. The molecule has 0 saturated heterocycles. The van der Waals surface area contributed by atoms with Crippen LogP contribution in [-0.4, -0.2) is 32.1 Å². The molecule has 0 bridgehead atoms. The van der Waals surface area contributed by atoms with Gasteiger partial charge in [0.2, 0.25) is 11.8 Å². The van der Waals surface area contributed by atoms with E-state index in [-0.39, 0.29) is 24.3 Å². The summed E-state index contributed by atoms with van der Waals surface area (Å²) in [5.41, 5.74) is 2.67. The lowest BCUT2D eigenvalue weighted by molar-refractivity contribution is -0.123. The van der Waals surface area contributed by atoms with Crippen molar-refractivity contribution in [1.29, 1.82) is 0 Å². The van der Waals surface area contributed by atoms with Gasteiger partial charge in [-0.3, -0.25) is 9.59 Å². The lowest BCUT2D eigenvalue weighted by Crippen LogP contribution is -2.30. The Kier molecular flexibility index (Phi) is 5.26. The highest BCUT2D eigenvalue weighted by Gasteiger charge is 2.33. The van der Waals surface area contributed by atoms with Gasteiger partial charge in [0.15, 0.2) is 0 Å². The summed E-state index contributed by atoms with van der Waals surface area (Å²) in [6.45, 7) is 0.361. The second-order valence-electron chi connectivity index (χ2n) is 6.45. The molecule has 1 aromatic rings. The zero-order valence-corrected chi connectivity index (χ0v) is 14.7. The summed E-state index contributed by atoms with van der Waals surface area (Å²) in [7, 11) is 3.18. The Hall–Kier alpha value is -2.50. The number of carbonyl (C=O) groups excluding carboxylic acids is 2. The van der Waals surface area contributed by atoms with Gasteiger partial charge in [-0.25, -0.2) is 0 Å². The van der Waals surface area contributed by atoms with Crippen LogP contribution in [0.4, 0.5) is 0 Å². The molecule has 0 aromatic heterocycles. The molecule has 1 unspecified atom stereocenters. The first-order valence-corrected chi connectivity index (χ1v) is 8.62. The number of rotatable bonds is 6. The van der Waals surface area contributed by atoms with E-state index in [2.05, 4.69) is 10.6 Å². The number of nitrogens with one attached hydrogen (secondary N) is 2. The van der Waals surface area contributed by atoms with E-state index in [1.165, 1.54) is 0 Å². The third kappa shape index (κ3) is 3.95. The van der Waals surface area contributed by atoms with Crippen molar-refractivity contribution in [2.24, 2.45) is 0 Å². The predicted octanol–water partition coefficient (Wildman–Crippen LogP) is 2.08. The predicted molar refractivity (Wildman–Crippen MR) is 93.4 cm³/mol. The molecule has 1 fully saturated rings. The van der Waals surface area contributed by atoms with Gasteiger partial charge in [0.1, 0.15) is 11.5 Å². The highest BCUT2D eigenvalue weighted by atomic mass is 16.5. The van der Waals surface area contributed by atoms with Gasteiger partial charge in [0, 0.05) is 18.2 Å². The van der Waals surface area contributed by atoms with Crippen LogP contribution in [-0.2, 0) is 16.1 Å². The molecule has 25 heavy (non-hydrogen) atoms. The summed E-state index contributed by atoms with van der Waals surface area (Å²) in [4.78, 5) is 24.4. The minimum Gasteiger partial charge on any atom is -0.497 e. The second kappa shape index (κ2) is 7.59. The normalized spacial score (nSPS) is 19.3. The Morgan fingerprint density at radius 1 is 1.20 bits per heavy atom. The molecule has 2 amide bonds. The first-order valence-electron chi connectivity index (χ1n) is 8.62. The van der Waals surface area contributed by atoms with Crippen molar-refractivity contribution in [2.75, 3.05) is 14.2 Å². The van der Waals surface area contributed by atoms with Crippen LogP contribution in [0.15, 0.2) is 29.3 Å². The van der Waals surface area contributed by atoms with Crippen molar-refractivity contribution < 1.29 is 19.1 Å². The molecule has 0 radical (unpaired) electrons. The fourth-order valence-corrected chi connectivity index (χ4v) is 3.51. The van der Waals surface area contributed by atoms with Gasteiger partial charge in [-0.15, -0.1) is 0 Å². The van der Waals surface area contributed by atoms with Crippen molar-refractivity contribution in [2.45, 2.75) is 44.7 Å². The molecule has 6 nitrogen and oxygen atoms in total. The van der Waals surface area contributed by atoms with E-state index in [0.29, 0.717) is 23.6 Å². The number of benzene rings is 1. The van der Waals surface area contributed by atoms with E-state index >= 15 is 0 Å². The van der Waals surface area contributed by atoms with E-state index in [1.54, 1.807) is 20.3 Å². The summed E-state index contributed by atoms with van der Waals surface area (Å²) in [5, 5.41) is 5.87. The van der Waals surface area contributed by atoms with Crippen LogP contribution in [0.25, 0.3) is 0 Å². The maximum absolute atomic E-state index is 12.3. The maximum Gasteiger partial charge on any atom is 0.248 e. The highest BCUT2D eigenvalue weighted by molar-refractivity contribution is 6.02. The quantitative estimate of drug-likeness (QED) is 0.828. The van der Waals surface area contributed by atoms with Crippen LogP contribution in [0.2, 0.25) is 0 Å². The first-order chi connectivity index (χ1) is 12.1. The SMILES string of the molecule is COc1cc(CNC(=O)CC2=C3CCCCC3NC2=O)cc(OC)c1. The molecule has 1 aliphatic heterocycles. The number of hydrogen-bond donors (Lipinski definition) is 2. The summed E-state index contributed by atoms with van der Waals surface area (Å²) < 4.78 is 10.5. The van der Waals surface area contributed by atoms with E-state index in [1.807, 2.05) is 12.1 Å². The monoisotopic (exact) mass is 344 g/mol. The van der Waals surface area contributed by atoms with Crippen LogP contribution in [0.1, 0.15) is 37.7 Å². The van der Waals surface area contributed by atoms with Crippen molar-refractivity contribution >= 4 is 11.8 Å². The molecule has 0 spiro atoms. The topological polar surface area (TPSA) is 76.7 Å². The number of fused-ring (bicyclic) bond motifs is 1. The lowest BCUT2D eigenvalue weighted by Gasteiger charge is -2.20. The Labute approximate surface area is 147 Å². The number of hydrogen-bond acceptors (Lipinski definition) is 4. The van der Waals surface area contributed by atoms with Gasteiger partial charge >= 0.3 is 0 Å². The molecular formula is C19H24N2O4. The fraction of sp³-hybridized carbons (Fsp3) is 0.474. The maximum atomic E-state index is 12.3. The van der Waals surface area contributed by atoms with Crippen LogP contribution in [0.5, 0.6) is 11.5 Å². The fourth-order valence-electron chi connectivity index (χ4n) is 3.51. The van der Waals surface area contributed by atoms with Crippen molar-refractivity contribution in [3.8, 4) is 11.5 Å². The number of methoxy groups -OCH3 is 2. The summed E-state index contributed by atoms with van der Waals surface area (Å²) in [6, 6.07) is 5.63. The molecule has 134 valence electrons. The van der Waals surface area contributed by atoms with Crippen LogP contribution >= 0.6 is 0 Å². The van der Waals surface area contributed by atoms with Gasteiger partial charge in [0.05, 0.1) is 26.7 Å². The van der Waals surface area contributed by atoms with Gasteiger partial charge in [-0.1, -0.05) is 6.42 Å². The van der Waals surface area contributed by atoms with E-state index < -0.39 is 0 Å². The average molecular weight is 344 g/mol. The molecule has 3 rings (SSSR count). The molecule has 1 heterocycles. The zero-order valence-electron chi connectivity index (χ0n) is 14.7. The zero-order chi connectivity index (χ0) is 17.8. The lowest BCUT2D eigenvalue weighted by atomic mass is 9.88. The Morgan fingerprint density at radius 2 is 1.92 bits per heavy atom. The van der Waals surface area contributed by atoms with Gasteiger partial charge in [-0.05, 0) is 42.5 Å². The summed E-state index contributed by atoms with van der Waals surface area (Å²) in [6.07, 6.45) is 4.26. The number of ether oxygens (including phenoxy) is 2. The van der Waals surface area contributed by atoms with Crippen molar-refractivity contribution in [1.82, 2.24) is 10.6 Å². The van der Waals surface area contributed by atoms with E-state index in [9.17, 15) is 9.59 Å². The van der Waals surface area contributed by atoms with Crippen LogP contribution in [0.3, 0.4) is 0 Å².